The van der Waals surface area contributed by atoms with Gasteiger partial charge >= 0.3 is 0 Å². The van der Waals surface area contributed by atoms with Gasteiger partial charge in [0.05, 0.1) is 12.1 Å². The van der Waals surface area contributed by atoms with Gasteiger partial charge in [0.2, 0.25) is 0 Å². The molecule has 0 aromatic heterocycles. The number of aliphatic hydroxyl groups is 1. The van der Waals surface area contributed by atoms with Crippen molar-refractivity contribution in [3.63, 3.8) is 0 Å². The monoisotopic (exact) mass is 235 g/mol. The van der Waals surface area contributed by atoms with Gasteiger partial charge in [-0.25, -0.2) is 0 Å². The summed E-state index contributed by atoms with van der Waals surface area (Å²) < 4.78 is 5.76. The zero-order valence-electron chi connectivity index (χ0n) is 10.6. The Kier molecular flexibility index (Phi) is 3.69. The van der Waals surface area contributed by atoms with Crippen molar-refractivity contribution in [2.75, 3.05) is 20.3 Å². The van der Waals surface area contributed by atoms with Crippen molar-refractivity contribution in [2.24, 2.45) is 0 Å². The Morgan fingerprint density at radius 3 is 2.82 bits per heavy atom. The predicted molar refractivity (Wildman–Crippen MR) is 68.5 cm³/mol. The fraction of sp³-hybridized carbons (Fsp3) is 0.571. The van der Waals surface area contributed by atoms with Crippen molar-refractivity contribution in [1.82, 2.24) is 5.32 Å². The maximum Gasteiger partial charge on any atom is 0.119 e. The molecule has 1 aromatic carbocycles. The average molecular weight is 235 g/mol. The number of nitrogens with one attached hydrogen (secondary N) is 1. The zero-order valence-corrected chi connectivity index (χ0v) is 10.6. The number of hydrogen-bond acceptors (Lipinski definition) is 3. The van der Waals surface area contributed by atoms with Gasteiger partial charge < -0.3 is 15.2 Å². The average Bonchev–Trinajstić information content (AvgIpc) is 2.83. The van der Waals surface area contributed by atoms with Crippen molar-refractivity contribution < 1.29 is 9.84 Å². The van der Waals surface area contributed by atoms with Gasteiger partial charge in [-0.2, -0.15) is 0 Å². The first-order valence-electron chi connectivity index (χ1n) is 6.21. The van der Waals surface area contributed by atoms with Gasteiger partial charge in [-0.05, 0) is 56.5 Å². The summed E-state index contributed by atoms with van der Waals surface area (Å²) in [7, 11) is 1.84. The van der Waals surface area contributed by atoms with E-state index in [9.17, 15) is 5.11 Å². The normalized spacial score (nSPS) is 17.6. The summed E-state index contributed by atoms with van der Waals surface area (Å²) in [6, 6.07) is 6.32. The van der Waals surface area contributed by atoms with E-state index in [4.69, 9.17) is 4.74 Å². The molecule has 0 bridgehead atoms. The van der Waals surface area contributed by atoms with E-state index in [1.807, 2.05) is 20.0 Å². The Morgan fingerprint density at radius 2 is 2.12 bits per heavy atom. The first-order valence-corrected chi connectivity index (χ1v) is 6.21. The van der Waals surface area contributed by atoms with Gasteiger partial charge in [0.1, 0.15) is 12.4 Å². The molecule has 1 atom stereocenters. The lowest BCUT2D eigenvalue weighted by atomic mass is 10.1. The largest absolute Gasteiger partial charge is 0.492 e. The molecular formula is C14H21NO2. The highest BCUT2D eigenvalue weighted by Gasteiger charge is 2.22. The zero-order chi connectivity index (χ0) is 12.3. The lowest BCUT2D eigenvalue weighted by Gasteiger charge is -2.26. The standard InChI is InChI=1S/C14H21NO2/c1-14(9-16,15-2)10-17-13-7-6-11-4-3-5-12(11)8-13/h6-8,15-16H,3-5,9-10H2,1-2H3. The van der Waals surface area contributed by atoms with Crippen molar-refractivity contribution in [3.8, 4) is 5.75 Å². The molecule has 3 heteroatoms. The lowest BCUT2D eigenvalue weighted by Crippen LogP contribution is -2.48. The highest BCUT2D eigenvalue weighted by atomic mass is 16.5. The van der Waals surface area contributed by atoms with Gasteiger partial charge in [-0.15, -0.1) is 0 Å². The number of ether oxygens (including phenoxy) is 1. The molecule has 1 aromatic rings. The Balaban J connectivity index is 2.00. The van der Waals surface area contributed by atoms with Crippen LogP contribution in [0, 0.1) is 0 Å². The third kappa shape index (κ3) is 2.79. The quantitative estimate of drug-likeness (QED) is 0.813. The van der Waals surface area contributed by atoms with Crippen LogP contribution in [0.15, 0.2) is 18.2 Å². The van der Waals surface area contributed by atoms with Crippen molar-refractivity contribution in [3.05, 3.63) is 29.3 Å². The van der Waals surface area contributed by atoms with Crippen LogP contribution in [-0.4, -0.2) is 30.9 Å². The lowest BCUT2D eigenvalue weighted by molar-refractivity contribution is 0.122. The number of hydrogen-bond donors (Lipinski definition) is 2. The minimum absolute atomic E-state index is 0.0639. The number of benzene rings is 1. The van der Waals surface area contributed by atoms with Gasteiger partial charge in [0, 0.05) is 0 Å². The number of aryl methyl sites for hydroxylation is 2. The second-order valence-electron chi connectivity index (χ2n) is 5.04. The van der Waals surface area contributed by atoms with Crippen molar-refractivity contribution in [2.45, 2.75) is 31.7 Å². The SMILES string of the molecule is CNC(C)(CO)COc1ccc2c(c1)CCC2. The molecule has 17 heavy (non-hydrogen) atoms. The summed E-state index contributed by atoms with van der Waals surface area (Å²) in [5.41, 5.74) is 2.49. The number of rotatable bonds is 5. The summed E-state index contributed by atoms with van der Waals surface area (Å²) in [5.74, 6) is 0.903. The first-order chi connectivity index (χ1) is 8.17. The van der Waals surface area contributed by atoms with E-state index >= 15 is 0 Å². The van der Waals surface area contributed by atoms with Gasteiger partial charge in [-0.3, -0.25) is 0 Å². The molecule has 94 valence electrons. The molecule has 2 rings (SSSR count). The second-order valence-corrected chi connectivity index (χ2v) is 5.04. The summed E-state index contributed by atoms with van der Waals surface area (Å²) in [6.07, 6.45) is 3.61. The van der Waals surface area contributed by atoms with E-state index in [2.05, 4.69) is 17.4 Å². The third-order valence-corrected chi connectivity index (χ3v) is 3.58. The summed E-state index contributed by atoms with van der Waals surface area (Å²) in [4.78, 5) is 0. The molecule has 0 heterocycles. The van der Waals surface area contributed by atoms with Gasteiger partial charge in [0.25, 0.3) is 0 Å². The number of aliphatic hydroxyl groups excluding tert-OH is 1. The molecule has 1 aliphatic rings. The van der Waals surface area contributed by atoms with Gasteiger partial charge in [-0.1, -0.05) is 6.07 Å². The molecule has 3 nitrogen and oxygen atoms in total. The highest BCUT2D eigenvalue weighted by Crippen LogP contribution is 2.26. The smallest absolute Gasteiger partial charge is 0.119 e. The maximum atomic E-state index is 9.28. The summed E-state index contributed by atoms with van der Waals surface area (Å²) >= 11 is 0. The molecule has 1 aliphatic carbocycles. The Bertz CT molecular complexity index is 386. The molecule has 0 amide bonds. The third-order valence-electron chi connectivity index (χ3n) is 3.58. The molecule has 0 saturated heterocycles. The number of likely N-dealkylation sites (N-methyl/N-ethyl adjacent to an activating group) is 1. The molecular weight excluding hydrogens is 214 g/mol. The van der Waals surface area contributed by atoms with E-state index < -0.39 is 0 Å². The first kappa shape index (κ1) is 12.4. The number of fused-ring (bicyclic) bond motifs is 1. The van der Waals surface area contributed by atoms with Crippen molar-refractivity contribution in [1.29, 1.82) is 0 Å². The Labute approximate surface area is 103 Å². The minimum Gasteiger partial charge on any atom is -0.492 e. The van der Waals surface area contributed by atoms with Crippen LogP contribution in [0.25, 0.3) is 0 Å². The van der Waals surface area contributed by atoms with Crippen LogP contribution >= 0.6 is 0 Å². The van der Waals surface area contributed by atoms with Crippen molar-refractivity contribution >= 4 is 0 Å². The van der Waals surface area contributed by atoms with Crippen LogP contribution in [0.3, 0.4) is 0 Å². The molecule has 2 N–H and O–H groups in total. The van der Waals surface area contributed by atoms with Crippen LogP contribution in [0.2, 0.25) is 0 Å². The van der Waals surface area contributed by atoms with Crippen LogP contribution in [0.1, 0.15) is 24.5 Å². The fourth-order valence-electron chi connectivity index (χ4n) is 2.08. The summed E-state index contributed by atoms with van der Waals surface area (Å²) in [6.45, 7) is 2.48. The molecule has 0 spiro atoms. The Morgan fingerprint density at radius 1 is 1.35 bits per heavy atom. The van der Waals surface area contributed by atoms with E-state index in [1.54, 1.807) is 0 Å². The van der Waals surface area contributed by atoms with Crippen LogP contribution in [0.5, 0.6) is 5.75 Å². The van der Waals surface area contributed by atoms with E-state index in [-0.39, 0.29) is 12.1 Å². The van der Waals surface area contributed by atoms with E-state index in [0.717, 1.165) is 12.2 Å². The highest BCUT2D eigenvalue weighted by molar-refractivity contribution is 5.38. The van der Waals surface area contributed by atoms with Gasteiger partial charge in [0.15, 0.2) is 0 Å². The Hall–Kier alpha value is -1.06. The van der Waals surface area contributed by atoms with Crippen LogP contribution < -0.4 is 10.1 Å². The fourth-order valence-corrected chi connectivity index (χ4v) is 2.08. The van der Waals surface area contributed by atoms with Crippen LogP contribution in [0.4, 0.5) is 0 Å². The maximum absolute atomic E-state index is 9.28. The topological polar surface area (TPSA) is 41.5 Å². The second kappa shape index (κ2) is 5.07. The minimum atomic E-state index is -0.376. The van der Waals surface area contributed by atoms with E-state index in [1.165, 1.54) is 24.0 Å². The molecule has 0 aliphatic heterocycles. The molecule has 1 unspecified atom stereocenters. The molecule has 0 saturated carbocycles. The molecule has 0 radical (unpaired) electrons. The van der Waals surface area contributed by atoms with E-state index in [0.29, 0.717) is 6.61 Å². The predicted octanol–water partition coefficient (Wildman–Crippen LogP) is 1.52. The van der Waals surface area contributed by atoms with Crippen LogP contribution in [-0.2, 0) is 12.8 Å². The molecule has 0 fully saturated rings. The summed E-state index contributed by atoms with van der Waals surface area (Å²) in [5, 5.41) is 12.4.